The number of carbonyl (C=O) groups excluding carboxylic acids is 1. The van der Waals surface area contributed by atoms with Gasteiger partial charge in [0.05, 0.1) is 7.11 Å². The Hall–Kier alpha value is -3.41. The van der Waals surface area contributed by atoms with Crippen molar-refractivity contribution in [1.29, 1.82) is 0 Å². The van der Waals surface area contributed by atoms with Gasteiger partial charge >= 0.3 is 0 Å². The predicted octanol–water partition coefficient (Wildman–Crippen LogP) is 4.20. The van der Waals surface area contributed by atoms with Gasteiger partial charge in [0.1, 0.15) is 11.4 Å². The molecule has 0 spiro atoms. The van der Waals surface area contributed by atoms with Gasteiger partial charge in [-0.15, -0.1) is 0 Å². The fraction of sp³-hybridized carbons (Fsp3) is 0.190. The topological polar surface area (TPSA) is 67.4 Å². The smallest absolute Gasteiger partial charge is 0.277 e. The third-order valence-corrected chi connectivity index (χ3v) is 4.08. The van der Waals surface area contributed by atoms with Crippen LogP contribution in [0.25, 0.3) is 0 Å². The minimum Gasteiger partial charge on any atom is -0.497 e. The summed E-state index contributed by atoms with van der Waals surface area (Å²) in [5, 5.41) is 3.11. The number of nitrogens with zero attached hydrogens (tertiary/aromatic N) is 3. The Bertz CT molecular complexity index is 943. The SMILES string of the molecule is CCN(C(=O)c1ccnc(Nc2cccc(OC)c2)n1)c1cccc(C)c1. The molecular formula is C21H22N4O2. The van der Waals surface area contributed by atoms with Crippen LogP contribution in [0, 0.1) is 6.92 Å². The Balaban J connectivity index is 1.84. The van der Waals surface area contributed by atoms with Gasteiger partial charge in [0.25, 0.3) is 5.91 Å². The lowest BCUT2D eigenvalue weighted by Crippen LogP contribution is -2.31. The molecule has 0 unspecified atom stereocenters. The minimum atomic E-state index is -0.167. The number of rotatable bonds is 6. The van der Waals surface area contributed by atoms with Crippen molar-refractivity contribution < 1.29 is 9.53 Å². The van der Waals surface area contributed by atoms with Crippen LogP contribution in [-0.4, -0.2) is 29.5 Å². The van der Waals surface area contributed by atoms with Crippen molar-refractivity contribution in [2.24, 2.45) is 0 Å². The predicted molar refractivity (Wildman–Crippen MR) is 107 cm³/mol. The second-order valence-electron chi connectivity index (χ2n) is 6.01. The third kappa shape index (κ3) is 4.41. The number of nitrogens with one attached hydrogen (secondary N) is 1. The van der Waals surface area contributed by atoms with E-state index in [-0.39, 0.29) is 5.91 Å². The van der Waals surface area contributed by atoms with Crippen molar-refractivity contribution in [3.63, 3.8) is 0 Å². The van der Waals surface area contributed by atoms with E-state index in [1.807, 2.05) is 62.4 Å². The van der Waals surface area contributed by atoms with Crippen LogP contribution in [0.5, 0.6) is 5.75 Å². The molecule has 0 fully saturated rings. The van der Waals surface area contributed by atoms with E-state index in [0.29, 0.717) is 18.2 Å². The molecule has 1 N–H and O–H groups in total. The van der Waals surface area contributed by atoms with Crippen LogP contribution in [0.4, 0.5) is 17.3 Å². The molecule has 0 aliphatic rings. The van der Waals surface area contributed by atoms with E-state index >= 15 is 0 Å². The number of aryl methyl sites for hydroxylation is 1. The lowest BCUT2D eigenvalue weighted by molar-refractivity contribution is 0.0983. The number of hydrogen-bond donors (Lipinski definition) is 1. The molecule has 3 rings (SSSR count). The Morgan fingerprint density at radius 3 is 2.70 bits per heavy atom. The lowest BCUT2D eigenvalue weighted by atomic mass is 10.2. The molecule has 1 aromatic heterocycles. The van der Waals surface area contributed by atoms with E-state index in [9.17, 15) is 4.79 Å². The van der Waals surface area contributed by atoms with Gasteiger partial charge < -0.3 is 15.0 Å². The van der Waals surface area contributed by atoms with E-state index in [1.54, 1.807) is 24.3 Å². The number of anilines is 3. The molecule has 2 aromatic carbocycles. The van der Waals surface area contributed by atoms with Crippen LogP contribution in [0.1, 0.15) is 23.0 Å². The van der Waals surface area contributed by atoms with Gasteiger partial charge in [0.15, 0.2) is 0 Å². The molecule has 0 aliphatic heterocycles. The molecule has 0 atom stereocenters. The highest BCUT2D eigenvalue weighted by Gasteiger charge is 2.18. The molecular weight excluding hydrogens is 340 g/mol. The van der Waals surface area contributed by atoms with Gasteiger partial charge in [0.2, 0.25) is 5.95 Å². The van der Waals surface area contributed by atoms with E-state index in [1.165, 1.54) is 0 Å². The van der Waals surface area contributed by atoms with Crippen molar-refractivity contribution in [2.45, 2.75) is 13.8 Å². The molecule has 3 aromatic rings. The Morgan fingerprint density at radius 2 is 1.96 bits per heavy atom. The summed E-state index contributed by atoms with van der Waals surface area (Å²) in [6.45, 7) is 4.49. The Morgan fingerprint density at radius 1 is 1.15 bits per heavy atom. The number of benzene rings is 2. The fourth-order valence-corrected chi connectivity index (χ4v) is 2.75. The summed E-state index contributed by atoms with van der Waals surface area (Å²) in [6.07, 6.45) is 1.58. The zero-order valence-corrected chi connectivity index (χ0v) is 15.6. The largest absolute Gasteiger partial charge is 0.497 e. The molecule has 6 heteroatoms. The third-order valence-electron chi connectivity index (χ3n) is 4.08. The maximum atomic E-state index is 13.0. The van der Waals surface area contributed by atoms with Crippen molar-refractivity contribution in [2.75, 3.05) is 23.9 Å². The van der Waals surface area contributed by atoms with Crippen LogP contribution in [0.15, 0.2) is 60.8 Å². The van der Waals surface area contributed by atoms with Gasteiger partial charge in [0, 0.05) is 30.2 Å². The zero-order valence-electron chi connectivity index (χ0n) is 15.6. The summed E-state index contributed by atoms with van der Waals surface area (Å²) in [4.78, 5) is 23.3. The maximum Gasteiger partial charge on any atom is 0.277 e. The zero-order chi connectivity index (χ0) is 19.2. The fourth-order valence-electron chi connectivity index (χ4n) is 2.75. The number of ether oxygens (including phenoxy) is 1. The van der Waals surface area contributed by atoms with Crippen LogP contribution < -0.4 is 15.0 Å². The van der Waals surface area contributed by atoms with Gasteiger partial charge in [-0.05, 0) is 49.7 Å². The van der Waals surface area contributed by atoms with Gasteiger partial charge in [-0.2, -0.15) is 0 Å². The molecule has 0 saturated heterocycles. The van der Waals surface area contributed by atoms with E-state index in [4.69, 9.17) is 4.74 Å². The first kappa shape index (κ1) is 18.4. The highest BCUT2D eigenvalue weighted by molar-refractivity contribution is 6.04. The van der Waals surface area contributed by atoms with Gasteiger partial charge in [-0.1, -0.05) is 18.2 Å². The molecule has 0 saturated carbocycles. The molecule has 1 amide bonds. The Kier molecular flexibility index (Phi) is 5.66. The van der Waals surface area contributed by atoms with E-state index in [2.05, 4.69) is 15.3 Å². The normalized spacial score (nSPS) is 10.3. The second-order valence-corrected chi connectivity index (χ2v) is 6.01. The average molecular weight is 362 g/mol. The van der Waals surface area contributed by atoms with Crippen LogP contribution in [0.2, 0.25) is 0 Å². The monoisotopic (exact) mass is 362 g/mol. The average Bonchev–Trinajstić information content (AvgIpc) is 2.69. The summed E-state index contributed by atoms with van der Waals surface area (Å²) >= 11 is 0. The van der Waals surface area contributed by atoms with Crippen molar-refractivity contribution >= 4 is 23.2 Å². The number of carbonyl (C=O) groups is 1. The summed E-state index contributed by atoms with van der Waals surface area (Å²) in [7, 11) is 1.61. The number of amides is 1. The Labute approximate surface area is 158 Å². The molecule has 27 heavy (non-hydrogen) atoms. The van der Waals surface area contributed by atoms with Crippen LogP contribution in [-0.2, 0) is 0 Å². The highest BCUT2D eigenvalue weighted by atomic mass is 16.5. The molecule has 1 heterocycles. The second kappa shape index (κ2) is 8.31. The summed E-state index contributed by atoms with van der Waals surface area (Å²) in [6, 6.07) is 16.9. The lowest BCUT2D eigenvalue weighted by Gasteiger charge is -2.21. The van der Waals surface area contributed by atoms with Crippen molar-refractivity contribution in [1.82, 2.24) is 9.97 Å². The van der Waals surface area contributed by atoms with E-state index in [0.717, 1.165) is 22.7 Å². The summed E-state index contributed by atoms with van der Waals surface area (Å²) in [5.41, 5.74) is 3.06. The summed E-state index contributed by atoms with van der Waals surface area (Å²) < 4.78 is 5.22. The molecule has 6 nitrogen and oxygen atoms in total. The van der Waals surface area contributed by atoms with Crippen molar-refractivity contribution in [3.8, 4) is 5.75 Å². The number of hydrogen-bond acceptors (Lipinski definition) is 5. The summed E-state index contributed by atoms with van der Waals surface area (Å²) in [5.74, 6) is 0.914. The first-order valence-corrected chi connectivity index (χ1v) is 8.73. The minimum absolute atomic E-state index is 0.167. The molecule has 0 radical (unpaired) electrons. The molecule has 0 bridgehead atoms. The first-order chi connectivity index (χ1) is 13.1. The van der Waals surface area contributed by atoms with Crippen LogP contribution >= 0.6 is 0 Å². The highest BCUT2D eigenvalue weighted by Crippen LogP contribution is 2.21. The standard InChI is InChI=1S/C21H22N4O2/c1-4-25(17-9-5-7-15(2)13-17)20(26)19-11-12-22-21(24-19)23-16-8-6-10-18(14-16)27-3/h5-14H,4H2,1-3H3,(H,22,23,24). The number of aromatic nitrogens is 2. The first-order valence-electron chi connectivity index (χ1n) is 8.73. The quantitative estimate of drug-likeness (QED) is 0.712. The molecule has 0 aliphatic carbocycles. The molecule has 138 valence electrons. The van der Waals surface area contributed by atoms with E-state index < -0.39 is 0 Å². The van der Waals surface area contributed by atoms with Crippen LogP contribution in [0.3, 0.4) is 0 Å². The van der Waals surface area contributed by atoms with Crippen molar-refractivity contribution in [3.05, 3.63) is 72.1 Å². The maximum absolute atomic E-state index is 13.0. The van der Waals surface area contributed by atoms with Gasteiger partial charge in [-0.3, -0.25) is 4.79 Å². The van der Waals surface area contributed by atoms with Gasteiger partial charge in [-0.25, -0.2) is 9.97 Å². The number of methoxy groups -OCH3 is 1.